The van der Waals surface area contributed by atoms with E-state index in [9.17, 15) is 4.79 Å². The van der Waals surface area contributed by atoms with Crippen molar-refractivity contribution in [1.29, 1.82) is 0 Å². The van der Waals surface area contributed by atoms with E-state index in [2.05, 4.69) is 0 Å². The van der Waals surface area contributed by atoms with E-state index in [-0.39, 0.29) is 5.91 Å². The van der Waals surface area contributed by atoms with E-state index in [1.54, 1.807) is 40.6 Å². The standard InChI is InChI=1S/C19H29NO6/c1-22-9-10-26-13-14-5-7-20(8-6-14)19(21)15-11-16(23-2)18(25-4)17(12-15)24-3/h11-12,14H,5-10,13H2,1-4H3. The zero-order valence-corrected chi connectivity index (χ0v) is 16.1. The number of ether oxygens (including phenoxy) is 5. The fraction of sp³-hybridized carbons (Fsp3) is 0.632. The fourth-order valence-electron chi connectivity index (χ4n) is 3.08. The van der Waals surface area contributed by atoms with E-state index in [0.29, 0.717) is 55.0 Å². The van der Waals surface area contributed by atoms with Crippen LogP contribution in [0.2, 0.25) is 0 Å². The smallest absolute Gasteiger partial charge is 0.254 e. The number of hydrogen-bond acceptors (Lipinski definition) is 6. The van der Waals surface area contributed by atoms with Crippen LogP contribution in [-0.4, -0.2) is 72.2 Å². The van der Waals surface area contributed by atoms with Crippen molar-refractivity contribution in [3.8, 4) is 17.2 Å². The molecule has 0 bridgehead atoms. The quantitative estimate of drug-likeness (QED) is 0.624. The molecule has 1 aliphatic rings. The second kappa shape index (κ2) is 10.2. The van der Waals surface area contributed by atoms with Gasteiger partial charge in [0.05, 0.1) is 34.5 Å². The summed E-state index contributed by atoms with van der Waals surface area (Å²) in [4.78, 5) is 14.7. The van der Waals surface area contributed by atoms with Crippen LogP contribution in [0.4, 0.5) is 0 Å². The van der Waals surface area contributed by atoms with E-state index >= 15 is 0 Å². The minimum Gasteiger partial charge on any atom is -0.493 e. The zero-order valence-electron chi connectivity index (χ0n) is 16.1. The molecule has 1 saturated heterocycles. The van der Waals surface area contributed by atoms with Crippen LogP contribution in [0, 0.1) is 5.92 Å². The molecule has 0 unspecified atom stereocenters. The van der Waals surface area contributed by atoms with Crippen molar-refractivity contribution >= 4 is 5.91 Å². The molecular formula is C19H29NO6. The highest BCUT2D eigenvalue weighted by molar-refractivity contribution is 5.95. The molecule has 2 rings (SSSR count). The van der Waals surface area contributed by atoms with Gasteiger partial charge in [-0.05, 0) is 30.9 Å². The van der Waals surface area contributed by atoms with Crippen molar-refractivity contribution in [2.75, 3.05) is 61.3 Å². The van der Waals surface area contributed by atoms with E-state index in [1.807, 2.05) is 4.90 Å². The van der Waals surface area contributed by atoms with Gasteiger partial charge in [0.25, 0.3) is 5.91 Å². The van der Waals surface area contributed by atoms with E-state index in [0.717, 1.165) is 19.4 Å². The summed E-state index contributed by atoms with van der Waals surface area (Å²) in [6, 6.07) is 3.40. The van der Waals surface area contributed by atoms with Crippen molar-refractivity contribution in [2.24, 2.45) is 5.92 Å². The lowest BCUT2D eigenvalue weighted by Crippen LogP contribution is -2.39. The monoisotopic (exact) mass is 367 g/mol. The first-order valence-electron chi connectivity index (χ1n) is 8.80. The predicted octanol–water partition coefficient (Wildman–Crippen LogP) is 2.23. The number of amides is 1. The SMILES string of the molecule is COCCOCC1CCN(C(=O)c2cc(OC)c(OC)c(OC)c2)CC1. The predicted molar refractivity (Wildman–Crippen MR) is 97.4 cm³/mol. The molecule has 0 spiro atoms. The Labute approximate surface area is 155 Å². The maximum absolute atomic E-state index is 12.9. The number of hydrogen-bond donors (Lipinski definition) is 0. The van der Waals surface area contributed by atoms with Crippen molar-refractivity contribution in [3.63, 3.8) is 0 Å². The highest BCUT2D eigenvalue weighted by atomic mass is 16.5. The molecule has 1 aliphatic heterocycles. The summed E-state index contributed by atoms with van der Waals surface area (Å²) in [5.41, 5.74) is 0.536. The molecule has 0 radical (unpaired) electrons. The van der Waals surface area contributed by atoms with Gasteiger partial charge in [-0.2, -0.15) is 0 Å². The number of piperidine rings is 1. The molecule has 0 N–H and O–H groups in total. The Morgan fingerprint density at radius 2 is 1.62 bits per heavy atom. The van der Waals surface area contributed by atoms with Crippen LogP contribution in [0.5, 0.6) is 17.2 Å². The summed E-state index contributed by atoms with van der Waals surface area (Å²) in [6.07, 6.45) is 1.87. The third-order valence-corrected chi connectivity index (χ3v) is 4.60. The lowest BCUT2D eigenvalue weighted by Gasteiger charge is -2.32. The molecule has 1 amide bonds. The number of methoxy groups -OCH3 is 4. The second-order valence-electron chi connectivity index (χ2n) is 6.22. The van der Waals surface area contributed by atoms with E-state index in [1.165, 1.54) is 0 Å². The zero-order chi connectivity index (χ0) is 18.9. The molecule has 0 aromatic heterocycles. The van der Waals surface area contributed by atoms with Gasteiger partial charge in [-0.15, -0.1) is 0 Å². The maximum atomic E-state index is 12.9. The van der Waals surface area contributed by atoms with Gasteiger partial charge >= 0.3 is 0 Å². The van der Waals surface area contributed by atoms with Gasteiger partial charge in [-0.1, -0.05) is 0 Å². The van der Waals surface area contributed by atoms with Crippen molar-refractivity contribution in [3.05, 3.63) is 17.7 Å². The van der Waals surface area contributed by atoms with Gasteiger partial charge in [0.15, 0.2) is 11.5 Å². The van der Waals surface area contributed by atoms with Gasteiger partial charge < -0.3 is 28.6 Å². The summed E-state index contributed by atoms with van der Waals surface area (Å²) in [7, 11) is 6.29. The Hall–Kier alpha value is -1.99. The maximum Gasteiger partial charge on any atom is 0.254 e. The van der Waals surface area contributed by atoms with Gasteiger partial charge in [0.2, 0.25) is 5.75 Å². The van der Waals surface area contributed by atoms with Crippen LogP contribution in [0.25, 0.3) is 0 Å². The molecule has 1 aromatic carbocycles. The van der Waals surface area contributed by atoms with Gasteiger partial charge in [0, 0.05) is 32.4 Å². The van der Waals surface area contributed by atoms with Crippen molar-refractivity contribution in [1.82, 2.24) is 4.90 Å². The topological polar surface area (TPSA) is 66.5 Å². The largest absolute Gasteiger partial charge is 0.493 e. The molecule has 1 heterocycles. The first-order valence-corrected chi connectivity index (χ1v) is 8.80. The average Bonchev–Trinajstić information content (AvgIpc) is 2.69. The van der Waals surface area contributed by atoms with Crippen LogP contribution in [0.3, 0.4) is 0 Å². The minimum atomic E-state index is -0.0250. The first kappa shape index (κ1) is 20.3. The molecule has 0 atom stereocenters. The van der Waals surface area contributed by atoms with Crippen LogP contribution < -0.4 is 14.2 Å². The average molecular weight is 367 g/mol. The molecule has 26 heavy (non-hydrogen) atoms. The first-order chi connectivity index (χ1) is 12.6. The van der Waals surface area contributed by atoms with E-state index < -0.39 is 0 Å². The number of benzene rings is 1. The second-order valence-corrected chi connectivity index (χ2v) is 6.22. The molecule has 0 aliphatic carbocycles. The third-order valence-electron chi connectivity index (χ3n) is 4.60. The van der Waals surface area contributed by atoms with Gasteiger partial charge in [-0.3, -0.25) is 4.79 Å². The fourth-order valence-corrected chi connectivity index (χ4v) is 3.08. The lowest BCUT2D eigenvalue weighted by atomic mass is 9.97. The number of rotatable bonds is 9. The Balaban J connectivity index is 1.98. The van der Waals surface area contributed by atoms with Gasteiger partial charge in [0.1, 0.15) is 0 Å². The summed E-state index contributed by atoms with van der Waals surface area (Å²) in [6.45, 7) is 3.37. The van der Waals surface area contributed by atoms with Crippen molar-refractivity contribution in [2.45, 2.75) is 12.8 Å². The summed E-state index contributed by atoms with van der Waals surface area (Å²) >= 11 is 0. The Bertz CT molecular complexity index is 558. The summed E-state index contributed by atoms with van der Waals surface area (Å²) in [5.74, 6) is 1.91. The molecular weight excluding hydrogens is 338 g/mol. The Morgan fingerprint density at radius 3 is 2.12 bits per heavy atom. The molecule has 7 nitrogen and oxygen atoms in total. The molecule has 146 valence electrons. The van der Waals surface area contributed by atoms with E-state index in [4.69, 9.17) is 23.7 Å². The van der Waals surface area contributed by atoms with Crippen LogP contribution >= 0.6 is 0 Å². The van der Waals surface area contributed by atoms with Gasteiger partial charge in [-0.25, -0.2) is 0 Å². The Morgan fingerprint density at radius 1 is 1.00 bits per heavy atom. The molecule has 0 saturated carbocycles. The molecule has 1 fully saturated rings. The Kier molecular flexibility index (Phi) is 8.00. The normalized spacial score (nSPS) is 15.0. The highest BCUT2D eigenvalue weighted by Gasteiger charge is 2.25. The summed E-state index contributed by atoms with van der Waals surface area (Å²) < 4.78 is 26.6. The van der Waals surface area contributed by atoms with Crippen molar-refractivity contribution < 1.29 is 28.5 Å². The molecule has 7 heteroatoms. The van der Waals surface area contributed by atoms with Crippen LogP contribution in [0.1, 0.15) is 23.2 Å². The number of likely N-dealkylation sites (tertiary alicyclic amines) is 1. The minimum absolute atomic E-state index is 0.0250. The number of carbonyl (C=O) groups excluding carboxylic acids is 1. The summed E-state index contributed by atoms with van der Waals surface area (Å²) in [5, 5.41) is 0. The third kappa shape index (κ3) is 5.02. The molecule has 1 aromatic rings. The van der Waals surface area contributed by atoms with Crippen LogP contribution in [-0.2, 0) is 9.47 Å². The lowest BCUT2D eigenvalue weighted by molar-refractivity contribution is 0.0327. The number of nitrogens with zero attached hydrogens (tertiary/aromatic N) is 1. The van der Waals surface area contributed by atoms with Crippen LogP contribution in [0.15, 0.2) is 12.1 Å². The highest BCUT2D eigenvalue weighted by Crippen LogP contribution is 2.38. The number of carbonyl (C=O) groups is 1.